The van der Waals surface area contributed by atoms with Gasteiger partial charge in [0, 0.05) is 13.0 Å². The Bertz CT molecular complexity index is 1080. The maximum Gasteiger partial charge on any atom is 0.306 e. The average molecular weight is 852 g/mol. The highest BCUT2D eigenvalue weighted by molar-refractivity contribution is 7.45. The topological polar surface area (TPSA) is 94.1 Å². The summed E-state index contributed by atoms with van der Waals surface area (Å²) in [7, 11) is 1.34. The van der Waals surface area contributed by atoms with Gasteiger partial charge in [-0.05, 0) is 70.6 Å². The molecule has 0 amide bonds. The molecule has 0 spiro atoms. The van der Waals surface area contributed by atoms with Crippen LogP contribution < -0.4 is 4.89 Å². The zero-order chi connectivity index (χ0) is 43.4. The van der Waals surface area contributed by atoms with Crippen molar-refractivity contribution in [2.24, 2.45) is 0 Å². The molecule has 0 aliphatic heterocycles. The van der Waals surface area contributed by atoms with Gasteiger partial charge in [0.15, 0.2) is 0 Å². The minimum atomic E-state index is -4.53. The lowest BCUT2D eigenvalue weighted by Crippen LogP contribution is -2.37. The Kier molecular flexibility index (Phi) is 42.0. The molecule has 0 N–H and O–H groups in total. The highest BCUT2D eigenvalue weighted by Crippen LogP contribution is 2.38. The van der Waals surface area contributed by atoms with Crippen LogP contribution in [-0.2, 0) is 27.9 Å². The zero-order valence-electron chi connectivity index (χ0n) is 39.2. The van der Waals surface area contributed by atoms with Crippen molar-refractivity contribution in [3.8, 4) is 0 Å². The third-order valence-corrected chi connectivity index (χ3v) is 11.3. The van der Waals surface area contributed by atoms with E-state index in [1.165, 1.54) is 116 Å². The number of nitrogens with zero attached hydrogens (tertiary/aromatic N) is 1. The quantitative estimate of drug-likeness (QED) is 0.0198. The van der Waals surface area contributed by atoms with Crippen molar-refractivity contribution >= 4 is 13.8 Å². The SMILES string of the molecule is CC/C=C\C/C=C\C/C=C\CCCCCCOCC(COP(=O)([O-])OCC[N+](C)(C)C)OC(=O)CCCCCCCCCCCCC/C=C\CCCCCCCCCC. The van der Waals surface area contributed by atoms with Crippen LogP contribution >= 0.6 is 7.82 Å². The number of likely N-dealkylation sites (N-methyl/N-ethyl adjacent to an activating group) is 1. The van der Waals surface area contributed by atoms with Crippen molar-refractivity contribution in [2.75, 3.05) is 54.1 Å². The number of ether oxygens (including phenoxy) is 2. The highest BCUT2D eigenvalue weighted by atomic mass is 31.2. The Hall–Kier alpha value is -1.54. The molecule has 2 atom stereocenters. The van der Waals surface area contributed by atoms with Gasteiger partial charge in [-0.25, -0.2) is 0 Å². The van der Waals surface area contributed by atoms with Crippen molar-refractivity contribution in [1.82, 2.24) is 0 Å². The van der Waals surface area contributed by atoms with E-state index in [1.54, 1.807) is 0 Å². The fourth-order valence-electron chi connectivity index (χ4n) is 6.61. The Morgan fingerprint density at radius 3 is 1.49 bits per heavy atom. The molecular formula is C50H94NO7P. The second kappa shape index (κ2) is 43.1. The molecule has 346 valence electrons. The second-order valence-corrected chi connectivity index (χ2v) is 18.8. The van der Waals surface area contributed by atoms with Gasteiger partial charge in [0.25, 0.3) is 7.82 Å². The molecule has 9 heteroatoms. The monoisotopic (exact) mass is 852 g/mol. The molecular weight excluding hydrogens is 758 g/mol. The van der Waals surface area contributed by atoms with Gasteiger partial charge in [-0.3, -0.25) is 9.36 Å². The number of quaternary nitrogens is 1. The smallest absolute Gasteiger partial charge is 0.306 e. The number of phosphoric acid groups is 1. The van der Waals surface area contributed by atoms with Gasteiger partial charge in [-0.1, -0.05) is 178 Å². The van der Waals surface area contributed by atoms with E-state index in [9.17, 15) is 14.3 Å². The van der Waals surface area contributed by atoms with Crippen LogP contribution in [0.2, 0.25) is 0 Å². The van der Waals surface area contributed by atoms with E-state index >= 15 is 0 Å². The number of carbonyl (C=O) groups is 1. The highest BCUT2D eigenvalue weighted by Gasteiger charge is 2.20. The molecule has 0 rings (SSSR count). The first-order valence-corrected chi connectivity index (χ1v) is 25.8. The van der Waals surface area contributed by atoms with Crippen LogP contribution in [0, 0.1) is 0 Å². The fourth-order valence-corrected chi connectivity index (χ4v) is 7.34. The first kappa shape index (κ1) is 57.5. The van der Waals surface area contributed by atoms with E-state index in [-0.39, 0.29) is 25.8 Å². The molecule has 0 fully saturated rings. The van der Waals surface area contributed by atoms with E-state index in [2.05, 4.69) is 62.5 Å². The Labute approximate surface area is 365 Å². The van der Waals surface area contributed by atoms with E-state index in [0.717, 1.165) is 70.6 Å². The van der Waals surface area contributed by atoms with Gasteiger partial charge in [0.1, 0.15) is 19.3 Å². The Morgan fingerprint density at radius 2 is 0.983 bits per heavy atom. The number of esters is 1. The minimum Gasteiger partial charge on any atom is -0.756 e. The molecule has 0 aromatic carbocycles. The predicted molar refractivity (Wildman–Crippen MR) is 250 cm³/mol. The molecule has 0 saturated carbocycles. The summed E-state index contributed by atoms with van der Waals surface area (Å²) < 4.78 is 34.6. The lowest BCUT2D eigenvalue weighted by Gasteiger charge is -2.28. The van der Waals surface area contributed by atoms with Crippen molar-refractivity contribution in [1.29, 1.82) is 0 Å². The molecule has 0 aromatic rings. The number of phosphoric ester groups is 1. The summed E-state index contributed by atoms with van der Waals surface area (Å²) in [6, 6.07) is 0. The van der Waals surface area contributed by atoms with Crippen molar-refractivity contribution in [3.05, 3.63) is 48.6 Å². The number of carbonyl (C=O) groups excluding carboxylic acids is 1. The summed E-state index contributed by atoms with van der Waals surface area (Å²) in [5.74, 6) is -0.343. The first-order valence-electron chi connectivity index (χ1n) is 24.4. The summed E-state index contributed by atoms with van der Waals surface area (Å²) in [5, 5.41) is 0. The Morgan fingerprint density at radius 1 is 0.542 bits per heavy atom. The molecule has 0 aromatic heterocycles. The molecule has 8 nitrogen and oxygen atoms in total. The summed E-state index contributed by atoms with van der Waals surface area (Å²) in [6.45, 7) is 5.26. The fraction of sp³-hybridized carbons (Fsp3) is 0.820. The number of unbranched alkanes of at least 4 members (excludes halogenated alkanes) is 23. The van der Waals surface area contributed by atoms with Gasteiger partial charge >= 0.3 is 5.97 Å². The molecule has 0 radical (unpaired) electrons. The largest absolute Gasteiger partial charge is 0.756 e. The van der Waals surface area contributed by atoms with Gasteiger partial charge in [-0.15, -0.1) is 0 Å². The average Bonchev–Trinajstić information content (AvgIpc) is 3.19. The van der Waals surface area contributed by atoms with Crippen LogP contribution in [0.4, 0.5) is 0 Å². The van der Waals surface area contributed by atoms with Crippen molar-refractivity contribution < 1.29 is 37.3 Å². The minimum absolute atomic E-state index is 0.0204. The summed E-state index contributed by atoms with van der Waals surface area (Å²) >= 11 is 0. The predicted octanol–water partition coefficient (Wildman–Crippen LogP) is 14.1. The maximum absolute atomic E-state index is 12.7. The molecule has 0 aliphatic carbocycles. The van der Waals surface area contributed by atoms with Crippen LogP contribution in [0.15, 0.2) is 48.6 Å². The molecule has 0 bridgehead atoms. The number of allylic oxidation sites excluding steroid dienone is 8. The molecule has 0 saturated heterocycles. The molecule has 2 unspecified atom stereocenters. The normalized spacial score (nSPS) is 14.1. The maximum atomic E-state index is 12.7. The molecule has 0 heterocycles. The molecule has 0 aliphatic rings. The third kappa shape index (κ3) is 47.4. The summed E-state index contributed by atoms with van der Waals surface area (Å²) in [4.78, 5) is 25.1. The summed E-state index contributed by atoms with van der Waals surface area (Å²) in [5.41, 5.74) is 0. The second-order valence-electron chi connectivity index (χ2n) is 17.4. The summed E-state index contributed by atoms with van der Waals surface area (Å²) in [6.07, 6.45) is 52.8. The van der Waals surface area contributed by atoms with E-state index in [1.807, 2.05) is 21.1 Å². The zero-order valence-corrected chi connectivity index (χ0v) is 40.1. The van der Waals surface area contributed by atoms with Gasteiger partial charge in [0.2, 0.25) is 0 Å². The number of rotatable bonds is 45. The van der Waals surface area contributed by atoms with E-state index in [0.29, 0.717) is 24.1 Å². The molecule has 59 heavy (non-hydrogen) atoms. The van der Waals surface area contributed by atoms with Crippen LogP contribution in [0.25, 0.3) is 0 Å². The van der Waals surface area contributed by atoms with Gasteiger partial charge in [-0.2, -0.15) is 0 Å². The third-order valence-electron chi connectivity index (χ3n) is 10.4. The standard InChI is InChI=1S/C50H94NO7P/c1-6-8-10-12-14-16-18-20-22-23-24-25-26-27-28-29-30-31-33-35-37-39-41-43-50(52)58-49(48-57-59(53,54)56-46-44-51(3,4)5)47-55-45-42-40-38-36-34-32-21-19-17-15-13-11-9-7-2/h9,11,15,17,21,23-24,32,49H,6-8,10,12-14,16,18-20,22,25-31,33-48H2,1-5H3/b11-9-,17-15-,24-23-,32-21-. The lowest BCUT2D eigenvalue weighted by atomic mass is 10.0. The first-order chi connectivity index (χ1) is 28.6. The van der Waals surface area contributed by atoms with E-state index < -0.39 is 13.9 Å². The lowest BCUT2D eigenvalue weighted by molar-refractivity contribution is -0.870. The number of hydrogen-bond donors (Lipinski definition) is 0. The van der Waals surface area contributed by atoms with Gasteiger partial charge in [0.05, 0.1) is 34.4 Å². The van der Waals surface area contributed by atoms with Crippen molar-refractivity contribution in [2.45, 2.75) is 213 Å². The Balaban J connectivity index is 4.14. The van der Waals surface area contributed by atoms with Crippen LogP contribution in [0.1, 0.15) is 206 Å². The van der Waals surface area contributed by atoms with Crippen LogP contribution in [0.5, 0.6) is 0 Å². The van der Waals surface area contributed by atoms with Crippen molar-refractivity contribution in [3.63, 3.8) is 0 Å². The van der Waals surface area contributed by atoms with Crippen LogP contribution in [0.3, 0.4) is 0 Å². The van der Waals surface area contributed by atoms with Crippen LogP contribution in [-0.4, -0.2) is 70.7 Å². The number of hydrogen-bond acceptors (Lipinski definition) is 7. The van der Waals surface area contributed by atoms with Gasteiger partial charge < -0.3 is 27.9 Å². The van der Waals surface area contributed by atoms with E-state index in [4.69, 9.17) is 18.5 Å².